The summed E-state index contributed by atoms with van der Waals surface area (Å²) in [6.07, 6.45) is 1.37. The van der Waals surface area contributed by atoms with Gasteiger partial charge in [0.2, 0.25) is 11.8 Å². The van der Waals surface area contributed by atoms with Gasteiger partial charge in [0.05, 0.1) is 12.5 Å². The second-order valence-corrected chi connectivity index (χ2v) is 5.56. The average Bonchev–Trinajstić information content (AvgIpc) is 2.94. The third-order valence-electron chi connectivity index (χ3n) is 4.15. The quantitative estimate of drug-likeness (QED) is 0.499. The van der Waals surface area contributed by atoms with Crippen LogP contribution in [0.3, 0.4) is 0 Å². The largest absolute Gasteiger partial charge is 0.355 e. The van der Waals surface area contributed by atoms with Crippen LogP contribution in [0.2, 0.25) is 0 Å². The lowest BCUT2D eigenvalue weighted by molar-refractivity contribution is -0.140. The molecule has 2 atom stereocenters. The van der Waals surface area contributed by atoms with E-state index in [9.17, 15) is 19.2 Å². The molecule has 3 aliphatic heterocycles. The van der Waals surface area contributed by atoms with Crippen LogP contribution in [0.1, 0.15) is 19.3 Å². The lowest BCUT2D eigenvalue weighted by Gasteiger charge is -2.38. The molecule has 0 aromatic carbocycles. The number of carbonyl (C=O) groups is 4. The van der Waals surface area contributed by atoms with Gasteiger partial charge in [-0.05, 0) is 12.8 Å². The zero-order valence-corrected chi connectivity index (χ0v) is 10.9. The second kappa shape index (κ2) is 4.46. The molecule has 2 unspecified atom stereocenters. The Balaban J connectivity index is 1.72. The van der Waals surface area contributed by atoms with Crippen molar-refractivity contribution in [3.05, 3.63) is 0 Å². The van der Waals surface area contributed by atoms with Gasteiger partial charge in [-0.15, -0.1) is 0 Å². The first kappa shape index (κ1) is 12.9. The summed E-state index contributed by atoms with van der Waals surface area (Å²) in [5.74, 6) is -0.989. The fourth-order valence-electron chi connectivity index (χ4n) is 3.10. The van der Waals surface area contributed by atoms with Crippen LogP contribution >= 0.6 is 0 Å². The molecule has 0 aliphatic carbocycles. The van der Waals surface area contributed by atoms with Crippen LogP contribution in [0.5, 0.6) is 0 Å². The summed E-state index contributed by atoms with van der Waals surface area (Å²) >= 11 is 0. The molecule has 3 fully saturated rings. The van der Waals surface area contributed by atoms with Crippen molar-refractivity contribution in [1.82, 2.24) is 20.9 Å². The van der Waals surface area contributed by atoms with Crippen LogP contribution < -0.4 is 16.0 Å². The number of amides is 5. The maximum absolute atomic E-state index is 12.4. The monoisotopic (exact) mass is 280 g/mol. The Kier molecular flexibility index (Phi) is 2.88. The van der Waals surface area contributed by atoms with Crippen LogP contribution in [0, 0.1) is 5.92 Å². The maximum atomic E-state index is 12.4. The van der Waals surface area contributed by atoms with Crippen molar-refractivity contribution in [2.24, 2.45) is 5.92 Å². The van der Waals surface area contributed by atoms with Gasteiger partial charge in [0.25, 0.3) is 5.91 Å². The van der Waals surface area contributed by atoms with Gasteiger partial charge in [0.1, 0.15) is 5.54 Å². The molecule has 20 heavy (non-hydrogen) atoms. The first-order chi connectivity index (χ1) is 9.50. The highest BCUT2D eigenvalue weighted by Crippen LogP contribution is 2.26. The number of piperidine rings is 1. The predicted octanol–water partition coefficient (Wildman–Crippen LogP) is -1.68. The number of imide groups is 1. The molecule has 1 spiro atoms. The normalized spacial score (nSPS) is 33.1. The van der Waals surface area contributed by atoms with Crippen LogP contribution in [0.4, 0.5) is 4.79 Å². The molecule has 3 N–H and O–H groups in total. The molecular formula is C12H16N4O4. The van der Waals surface area contributed by atoms with E-state index in [4.69, 9.17) is 0 Å². The lowest BCUT2D eigenvalue weighted by Crippen LogP contribution is -2.60. The Morgan fingerprint density at radius 2 is 2.10 bits per heavy atom. The minimum atomic E-state index is -0.999. The van der Waals surface area contributed by atoms with E-state index in [-0.39, 0.29) is 36.6 Å². The number of urea groups is 1. The Labute approximate surface area is 115 Å². The zero-order chi connectivity index (χ0) is 14.3. The third kappa shape index (κ3) is 2.00. The van der Waals surface area contributed by atoms with Gasteiger partial charge < -0.3 is 15.5 Å². The zero-order valence-electron chi connectivity index (χ0n) is 10.9. The van der Waals surface area contributed by atoms with E-state index < -0.39 is 11.6 Å². The Hall–Kier alpha value is -2.12. The predicted molar refractivity (Wildman–Crippen MR) is 66.3 cm³/mol. The highest BCUT2D eigenvalue weighted by atomic mass is 16.2. The fourth-order valence-corrected chi connectivity index (χ4v) is 3.10. The topological polar surface area (TPSA) is 108 Å². The van der Waals surface area contributed by atoms with Gasteiger partial charge in [-0.2, -0.15) is 0 Å². The Bertz CT molecular complexity index is 506. The molecule has 8 heteroatoms. The van der Waals surface area contributed by atoms with Gasteiger partial charge in [0, 0.05) is 19.5 Å². The van der Waals surface area contributed by atoms with Crippen molar-refractivity contribution in [3.63, 3.8) is 0 Å². The Morgan fingerprint density at radius 1 is 1.30 bits per heavy atom. The first-order valence-electron chi connectivity index (χ1n) is 6.69. The van der Waals surface area contributed by atoms with Gasteiger partial charge in [-0.1, -0.05) is 0 Å². The van der Waals surface area contributed by atoms with Crippen LogP contribution in [-0.2, 0) is 14.4 Å². The second-order valence-electron chi connectivity index (χ2n) is 5.56. The van der Waals surface area contributed by atoms with Crippen molar-refractivity contribution in [1.29, 1.82) is 0 Å². The van der Waals surface area contributed by atoms with E-state index >= 15 is 0 Å². The minimum Gasteiger partial charge on any atom is -0.355 e. The SMILES string of the molecule is O=C1CC(C(=O)N2CCCC3(C2)NC(=O)NC3=O)CN1. The van der Waals surface area contributed by atoms with Crippen LogP contribution in [0.15, 0.2) is 0 Å². The maximum Gasteiger partial charge on any atom is 0.322 e. The van der Waals surface area contributed by atoms with E-state index in [0.29, 0.717) is 25.9 Å². The van der Waals surface area contributed by atoms with E-state index in [0.717, 1.165) is 0 Å². The van der Waals surface area contributed by atoms with Crippen LogP contribution in [0.25, 0.3) is 0 Å². The number of hydrogen-bond donors (Lipinski definition) is 3. The average molecular weight is 280 g/mol. The molecule has 5 amide bonds. The van der Waals surface area contributed by atoms with E-state index in [2.05, 4.69) is 16.0 Å². The van der Waals surface area contributed by atoms with Gasteiger partial charge >= 0.3 is 6.03 Å². The minimum absolute atomic E-state index is 0.123. The summed E-state index contributed by atoms with van der Waals surface area (Å²) in [4.78, 5) is 48.3. The number of carbonyl (C=O) groups excluding carboxylic acids is 4. The molecule has 0 aromatic heterocycles. The lowest BCUT2D eigenvalue weighted by atomic mass is 9.88. The molecule has 8 nitrogen and oxygen atoms in total. The van der Waals surface area contributed by atoms with Crippen LogP contribution in [-0.4, -0.2) is 53.8 Å². The molecule has 3 rings (SSSR count). The number of rotatable bonds is 1. The molecule has 3 saturated heterocycles. The van der Waals surface area contributed by atoms with Crippen molar-refractivity contribution in [2.45, 2.75) is 24.8 Å². The summed E-state index contributed by atoms with van der Waals surface area (Å²) in [5.41, 5.74) is -0.999. The molecule has 0 saturated carbocycles. The van der Waals surface area contributed by atoms with Gasteiger partial charge in [0.15, 0.2) is 0 Å². The molecule has 0 radical (unpaired) electrons. The highest BCUT2D eigenvalue weighted by Gasteiger charge is 2.50. The number of hydrogen-bond acceptors (Lipinski definition) is 4. The third-order valence-corrected chi connectivity index (χ3v) is 4.15. The van der Waals surface area contributed by atoms with E-state index in [1.165, 1.54) is 0 Å². The first-order valence-corrected chi connectivity index (χ1v) is 6.69. The van der Waals surface area contributed by atoms with Crippen molar-refractivity contribution in [3.8, 4) is 0 Å². The molecular weight excluding hydrogens is 264 g/mol. The molecule has 0 bridgehead atoms. The summed E-state index contributed by atoms with van der Waals surface area (Å²) in [6.45, 7) is 1.07. The van der Waals surface area contributed by atoms with Crippen molar-refractivity contribution in [2.75, 3.05) is 19.6 Å². The van der Waals surface area contributed by atoms with E-state index in [1.807, 2.05) is 0 Å². The molecule has 3 aliphatic rings. The number of nitrogens with zero attached hydrogens (tertiary/aromatic N) is 1. The summed E-state index contributed by atoms with van der Waals surface area (Å²) in [6, 6.07) is -0.512. The Morgan fingerprint density at radius 3 is 2.70 bits per heavy atom. The van der Waals surface area contributed by atoms with Gasteiger partial charge in [-0.3, -0.25) is 19.7 Å². The highest BCUT2D eigenvalue weighted by molar-refractivity contribution is 6.07. The smallest absolute Gasteiger partial charge is 0.322 e. The van der Waals surface area contributed by atoms with E-state index in [1.54, 1.807) is 4.90 Å². The number of likely N-dealkylation sites (tertiary alicyclic amines) is 1. The molecule has 0 aromatic rings. The van der Waals surface area contributed by atoms with Gasteiger partial charge in [-0.25, -0.2) is 4.79 Å². The van der Waals surface area contributed by atoms with Crippen molar-refractivity contribution >= 4 is 23.8 Å². The summed E-state index contributed by atoms with van der Waals surface area (Å²) in [7, 11) is 0. The number of nitrogens with one attached hydrogen (secondary N) is 3. The molecule has 108 valence electrons. The molecule has 3 heterocycles. The standard InChI is InChI=1S/C12H16N4O4/c17-8-4-7(5-13-8)9(18)16-3-1-2-12(6-16)10(19)14-11(20)15-12/h7H,1-6H2,(H,13,17)(H2,14,15,19,20). The fraction of sp³-hybridized carbons (Fsp3) is 0.667. The van der Waals surface area contributed by atoms with Crippen molar-refractivity contribution < 1.29 is 19.2 Å². The summed E-state index contributed by atoms with van der Waals surface area (Å²) in [5, 5.41) is 7.48. The summed E-state index contributed by atoms with van der Waals surface area (Å²) < 4.78 is 0.